The minimum atomic E-state index is 0.452. The molecule has 0 amide bonds. The highest BCUT2D eigenvalue weighted by atomic mass is 79.9. The summed E-state index contributed by atoms with van der Waals surface area (Å²) < 4.78 is 6.75. The molecule has 0 aliphatic heterocycles. The van der Waals surface area contributed by atoms with Crippen molar-refractivity contribution in [1.29, 1.82) is 0 Å². The van der Waals surface area contributed by atoms with E-state index < -0.39 is 0 Å². The lowest BCUT2D eigenvalue weighted by Gasteiger charge is -2.11. The van der Waals surface area contributed by atoms with Crippen molar-refractivity contribution in [3.05, 3.63) is 62.6 Å². The zero-order valence-electron chi connectivity index (χ0n) is 11.3. The van der Waals surface area contributed by atoms with Crippen LogP contribution >= 0.6 is 27.5 Å². The van der Waals surface area contributed by atoms with Crippen LogP contribution in [0.3, 0.4) is 0 Å². The van der Waals surface area contributed by atoms with E-state index >= 15 is 0 Å². The molecule has 0 aliphatic carbocycles. The van der Waals surface area contributed by atoms with Crippen molar-refractivity contribution in [2.75, 3.05) is 6.54 Å². The Morgan fingerprint density at radius 3 is 2.65 bits per heavy atom. The first-order valence-electron chi connectivity index (χ1n) is 6.46. The van der Waals surface area contributed by atoms with Gasteiger partial charge in [-0.3, -0.25) is 0 Å². The number of nitrogens with two attached hydrogens (primary N) is 1. The van der Waals surface area contributed by atoms with Crippen LogP contribution in [0.25, 0.3) is 0 Å². The summed E-state index contributed by atoms with van der Waals surface area (Å²) in [6, 6.07) is 12.0. The van der Waals surface area contributed by atoms with Gasteiger partial charge < -0.3 is 10.5 Å². The molecule has 2 aromatic carbocycles. The second kappa shape index (κ2) is 7.11. The first kappa shape index (κ1) is 15.4. The van der Waals surface area contributed by atoms with Crippen LogP contribution in [0, 0.1) is 6.92 Å². The van der Waals surface area contributed by atoms with Crippen molar-refractivity contribution in [2.24, 2.45) is 5.73 Å². The van der Waals surface area contributed by atoms with E-state index in [9.17, 15) is 0 Å². The molecule has 0 unspecified atom stereocenters. The van der Waals surface area contributed by atoms with Crippen LogP contribution < -0.4 is 10.5 Å². The summed E-state index contributed by atoms with van der Waals surface area (Å²) in [6.07, 6.45) is 0.864. The van der Waals surface area contributed by atoms with E-state index in [1.807, 2.05) is 43.3 Å². The Labute approximate surface area is 133 Å². The van der Waals surface area contributed by atoms with Gasteiger partial charge in [-0.05, 0) is 65.1 Å². The number of rotatable bonds is 5. The summed E-state index contributed by atoms with van der Waals surface area (Å²) in [5.41, 5.74) is 8.87. The molecule has 0 bridgehead atoms. The molecule has 2 N–H and O–H groups in total. The van der Waals surface area contributed by atoms with Gasteiger partial charge in [-0.15, -0.1) is 0 Å². The van der Waals surface area contributed by atoms with E-state index in [1.54, 1.807) is 0 Å². The average Bonchev–Trinajstić information content (AvgIpc) is 2.40. The molecule has 0 aromatic heterocycles. The van der Waals surface area contributed by atoms with Crippen molar-refractivity contribution < 1.29 is 4.74 Å². The van der Waals surface area contributed by atoms with E-state index in [0.29, 0.717) is 13.2 Å². The highest BCUT2D eigenvalue weighted by Gasteiger charge is 2.05. The summed E-state index contributed by atoms with van der Waals surface area (Å²) in [4.78, 5) is 0. The summed E-state index contributed by atoms with van der Waals surface area (Å²) in [5, 5.41) is 0.737. The average molecular weight is 355 g/mol. The first-order valence-corrected chi connectivity index (χ1v) is 7.63. The van der Waals surface area contributed by atoms with Crippen LogP contribution in [0.15, 0.2) is 40.9 Å². The van der Waals surface area contributed by atoms with Crippen LogP contribution in [0.4, 0.5) is 0 Å². The molecule has 2 nitrogen and oxygen atoms in total. The third-order valence-electron chi connectivity index (χ3n) is 3.02. The van der Waals surface area contributed by atoms with Crippen LogP contribution in [0.2, 0.25) is 5.02 Å². The molecule has 20 heavy (non-hydrogen) atoms. The summed E-state index contributed by atoms with van der Waals surface area (Å²) in [7, 11) is 0. The fourth-order valence-corrected chi connectivity index (χ4v) is 2.74. The van der Waals surface area contributed by atoms with Gasteiger partial charge in [0.2, 0.25) is 0 Å². The number of aryl methyl sites for hydroxylation is 1. The summed E-state index contributed by atoms with van der Waals surface area (Å²) in [5.74, 6) is 0.808. The molecule has 0 fully saturated rings. The predicted octanol–water partition coefficient (Wildman–Crippen LogP) is 4.49. The number of hydrogen-bond donors (Lipinski definition) is 1. The van der Waals surface area contributed by atoms with Gasteiger partial charge in [-0.2, -0.15) is 0 Å². The molecular formula is C16H17BrClNO. The molecule has 4 heteroatoms. The maximum Gasteiger partial charge on any atom is 0.134 e. The zero-order valence-corrected chi connectivity index (χ0v) is 13.7. The van der Waals surface area contributed by atoms with Crippen molar-refractivity contribution in [3.8, 4) is 5.75 Å². The minimum absolute atomic E-state index is 0.452. The van der Waals surface area contributed by atoms with Gasteiger partial charge in [0.15, 0.2) is 0 Å². The maximum absolute atomic E-state index is 6.20. The quantitative estimate of drug-likeness (QED) is 0.858. The number of benzene rings is 2. The molecule has 0 radical (unpaired) electrons. The van der Waals surface area contributed by atoms with E-state index in [4.69, 9.17) is 22.1 Å². The monoisotopic (exact) mass is 353 g/mol. The Hall–Kier alpha value is -1.03. The minimum Gasteiger partial charge on any atom is -0.488 e. The van der Waals surface area contributed by atoms with E-state index in [1.165, 1.54) is 5.56 Å². The summed E-state index contributed by atoms with van der Waals surface area (Å²) in [6.45, 7) is 3.11. The highest BCUT2D eigenvalue weighted by molar-refractivity contribution is 9.10. The Morgan fingerprint density at radius 1 is 1.20 bits per heavy atom. The van der Waals surface area contributed by atoms with Crippen LogP contribution in [-0.2, 0) is 13.0 Å². The molecular weight excluding hydrogens is 338 g/mol. The van der Waals surface area contributed by atoms with Crippen LogP contribution in [-0.4, -0.2) is 6.54 Å². The SMILES string of the molecule is Cc1ccc(COc2ccc(CCN)cc2Br)c(Cl)c1. The number of halogens is 2. The van der Waals surface area contributed by atoms with Crippen LogP contribution in [0.5, 0.6) is 5.75 Å². The largest absolute Gasteiger partial charge is 0.488 e. The molecule has 0 spiro atoms. The molecule has 2 aromatic rings. The lowest BCUT2D eigenvalue weighted by molar-refractivity contribution is 0.304. The van der Waals surface area contributed by atoms with Gasteiger partial charge in [-0.1, -0.05) is 29.8 Å². The lowest BCUT2D eigenvalue weighted by atomic mass is 10.1. The Morgan fingerprint density at radius 2 is 2.00 bits per heavy atom. The van der Waals surface area contributed by atoms with Gasteiger partial charge in [-0.25, -0.2) is 0 Å². The summed E-state index contributed by atoms with van der Waals surface area (Å²) >= 11 is 9.72. The third kappa shape index (κ3) is 3.98. The van der Waals surface area contributed by atoms with E-state index in [0.717, 1.165) is 32.8 Å². The second-order valence-corrected chi connectivity index (χ2v) is 5.95. The van der Waals surface area contributed by atoms with Gasteiger partial charge >= 0.3 is 0 Å². The Balaban J connectivity index is 2.07. The maximum atomic E-state index is 6.20. The molecule has 0 aliphatic rings. The molecule has 0 saturated heterocycles. The first-order chi connectivity index (χ1) is 9.60. The smallest absolute Gasteiger partial charge is 0.134 e. The lowest BCUT2D eigenvalue weighted by Crippen LogP contribution is -2.03. The van der Waals surface area contributed by atoms with Gasteiger partial charge in [0, 0.05) is 10.6 Å². The fraction of sp³-hybridized carbons (Fsp3) is 0.250. The van der Waals surface area contributed by atoms with Crippen molar-refractivity contribution in [2.45, 2.75) is 20.0 Å². The second-order valence-electron chi connectivity index (χ2n) is 4.69. The fourth-order valence-electron chi connectivity index (χ4n) is 1.91. The third-order valence-corrected chi connectivity index (χ3v) is 3.99. The van der Waals surface area contributed by atoms with Gasteiger partial charge in [0.05, 0.1) is 4.47 Å². The number of ether oxygens (including phenoxy) is 1. The Kier molecular flexibility index (Phi) is 5.46. The topological polar surface area (TPSA) is 35.2 Å². The number of hydrogen-bond acceptors (Lipinski definition) is 2. The molecule has 0 saturated carbocycles. The van der Waals surface area contributed by atoms with Crippen molar-refractivity contribution in [3.63, 3.8) is 0 Å². The van der Waals surface area contributed by atoms with Gasteiger partial charge in [0.25, 0.3) is 0 Å². The van der Waals surface area contributed by atoms with Crippen molar-refractivity contribution in [1.82, 2.24) is 0 Å². The molecule has 106 valence electrons. The predicted molar refractivity (Wildman–Crippen MR) is 87.4 cm³/mol. The normalized spacial score (nSPS) is 10.6. The standard InChI is InChI=1S/C16H17BrClNO/c1-11-2-4-13(15(18)8-11)10-20-16-5-3-12(6-7-19)9-14(16)17/h2-5,8-9H,6-7,10,19H2,1H3. The van der Waals surface area contributed by atoms with Crippen LogP contribution in [0.1, 0.15) is 16.7 Å². The molecule has 2 rings (SSSR count). The zero-order chi connectivity index (χ0) is 14.5. The van der Waals surface area contributed by atoms with E-state index in [-0.39, 0.29) is 0 Å². The molecule has 0 heterocycles. The van der Waals surface area contributed by atoms with E-state index in [2.05, 4.69) is 15.9 Å². The van der Waals surface area contributed by atoms with Gasteiger partial charge in [0.1, 0.15) is 12.4 Å². The Bertz CT molecular complexity index is 601. The van der Waals surface area contributed by atoms with Crippen molar-refractivity contribution >= 4 is 27.5 Å². The molecule has 0 atom stereocenters. The highest BCUT2D eigenvalue weighted by Crippen LogP contribution is 2.28.